The Hall–Kier alpha value is -1.59. The number of halogens is 1. The average Bonchev–Trinajstić information content (AvgIpc) is 2.46. The topological polar surface area (TPSA) is 75.4 Å². The molecule has 0 aliphatic carbocycles. The van der Waals surface area contributed by atoms with Crippen molar-refractivity contribution in [1.82, 2.24) is 10.2 Å². The molecule has 2 amide bonds. The molecule has 2 unspecified atom stereocenters. The zero-order chi connectivity index (χ0) is 15.1. The molecule has 5 nitrogen and oxygen atoms in total. The minimum Gasteiger partial charge on any atom is -0.345 e. The number of nitrogens with two attached hydrogens (primary N) is 1. The predicted octanol–water partition coefficient (Wildman–Crippen LogP) is 1.48. The van der Waals surface area contributed by atoms with Gasteiger partial charge in [-0.2, -0.15) is 0 Å². The lowest BCUT2D eigenvalue weighted by Gasteiger charge is -2.21. The van der Waals surface area contributed by atoms with Gasteiger partial charge in [0.1, 0.15) is 6.04 Å². The molecule has 6 heteroatoms. The number of hydrogen-bond acceptors (Lipinski definition) is 3. The number of likely N-dealkylation sites (N-methyl/N-ethyl adjacent to an activating group) is 1. The van der Waals surface area contributed by atoms with E-state index in [0.29, 0.717) is 6.54 Å². The Kier molecular flexibility index (Phi) is 8.66. The standard InChI is InChI=1S/C15H23N3O2.ClH/c1-4-18(3)15(20)11(2)17-14(19)10-13(16)12-8-6-5-7-9-12;/h5-9,11,13H,4,10,16H2,1-3H3,(H,17,19);1H. The van der Waals surface area contributed by atoms with Crippen molar-refractivity contribution in [1.29, 1.82) is 0 Å². The van der Waals surface area contributed by atoms with E-state index in [-0.39, 0.29) is 36.7 Å². The summed E-state index contributed by atoms with van der Waals surface area (Å²) in [4.78, 5) is 25.3. The SMILES string of the molecule is CCN(C)C(=O)C(C)NC(=O)CC(N)c1ccccc1.Cl. The molecule has 0 fully saturated rings. The molecule has 0 aromatic heterocycles. The van der Waals surface area contributed by atoms with E-state index in [1.54, 1.807) is 18.9 Å². The number of carbonyl (C=O) groups excluding carboxylic acids is 2. The highest BCUT2D eigenvalue weighted by Crippen LogP contribution is 2.13. The first kappa shape index (κ1) is 19.4. The molecule has 118 valence electrons. The maximum absolute atomic E-state index is 11.9. The van der Waals surface area contributed by atoms with Crippen molar-refractivity contribution >= 4 is 24.2 Å². The van der Waals surface area contributed by atoms with Crippen molar-refractivity contribution in [2.45, 2.75) is 32.4 Å². The van der Waals surface area contributed by atoms with Crippen molar-refractivity contribution in [3.05, 3.63) is 35.9 Å². The van der Waals surface area contributed by atoms with Gasteiger partial charge < -0.3 is 16.0 Å². The molecule has 2 atom stereocenters. The Morgan fingerprint density at radius 3 is 2.38 bits per heavy atom. The Balaban J connectivity index is 0.00000400. The van der Waals surface area contributed by atoms with Crippen LogP contribution < -0.4 is 11.1 Å². The fourth-order valence-electron chi connectivity index (χ4n) is 1.87. The van der Waals surface area contributed by atoms with Gasteiger partial charge in [0.15, 0.2) is 0 Å². The molecule has 1 aromatic rings. The van der Waals surface area contributed by atoms with Gasteiger partial charge in [0.2, 0.25) is 11.8 Å². The fourth-order valence-corrected chi connectivity index (χ4v) is 1.87. The molecule has 0 aliphatic heterocycles. The second-order valence-corrected chi connectivity index (χ2v) is 4.86. The third-order valence-corrected chi connectivity index (χ3v) is 3.23. The number of hydrogen-bond donors (Lipinski definition) is 2. The smallest absolute Gasteiger partial charge is 0.244 e. The van der Waals surface area contributed by atoms with Gasteiger partial charge in [0.05, 0.1) is 0 Å². The molecule has 0 radical (unpaired) electrons. The molecular weight excluding hydrogens is 290 g/mol. The van der Waals surface area contributed by atoms with Crippen LogP contribution in [0.3, 0.4) is 0 Å². The van der Waals surface area contributed by atoms with Crippen LogP contribution in [0, 0.1) is 0 Å². The molecule has 3 N–H and O–H groups in total. The monoisotopic (exact) mass is 313 g/mol. The summed E-state index contributed by atoms with van der Waals surface area (Å²) in [7, 11) is 1.71. The number of nitrogens with one attached hydrogen (secondary N) is 1. The van der Waals surface area contributed by atoms with E-state index < -0.39 is 6.04 Å². The molecule has 0 aliphatic rings. The van der Waals surface area contributed by atoms with Crippen LogP contribution in [0.25, 0.3) is 0 Å². The van der Waals surface area contributed by atoms with E-state index in [1.165, 1.54) is 0 Å². The molecule has 1 rings (SSSR count). The van der Waals surface area contributed by atoms with Crippen LogP contribution in [-0.4, -0.2) is 36.3 Å². The summed E-state index contributed by atoms with van der Waals surface area (Å²) < 4.78 is 0. The number of nitrogens with zero attached hydrogens (tertiary/aromatic N) is 1. The molecule has 0 spiro atoms. The minimum atomic E-state index is -0.532. The number of rotatable bonds is 6. The predicted molar refractivity (Wildman–Crippen MR) is 86.2 cm³/mol. The highest BCUT2D eigenvalue weighted by atomic mass is 35.5. The zero-order valence-electron chi connectivity index (χ0n) is 12.7. The largest absolute Gasteiger partial charge is 0.345 e. The summed E-state index contributed by atoms with van der Waals surface area (Å²) in [5, 5.41) is 2.69. The maximum atomic E-state index is 11.9. The summed E-state index contributed by atoms with van der Waals surface area (Å²) in [5.74, 6) is -0.319. The van der Waals surface area contributed by atoms with Crippen molar-refractivity contribution in [3.63, 3.8) is 0 Å². The van der Waals surface area contributed by atoms with E-state index in [2.05, 4.69) is 5.32 Å². The highest BCUT2D eigenvalue weighted by Gasteiger charge is 2.19. The van der Waals surface area contributed by atoms with Gasteiger partial charge >= 0.3 is 0 Å². The number of carbonyl (C=O) groups is 2. The second-order valence-electron chi connectivity index (χ2n) is 4.86. The van der Waals surface area contributed by atoms with Crippen LogP contribution in [0.15, 0.2) is 30.3 Å². The van der Waals surface area contributed by atoms with Gasteiger partial charge in [-0.3, -0.25) is 9.59 Å². The van der Waals surface area contributed by atoms with Gasteiger partial charge in [0.25, 0.3) is 0 Å². The van der Waals surface area contributed by atoms with E-state index in [9.17, 15) is 9.59 Å². The Bertz CT molecular complexity index is 453. The Labute approximate surface area is 132 Å². The van der Waals surface area contributed by atoms with Gasteiger partial charge in [-0.15, -0.1) is 12.4 Å². The normalized spacial score (nSPS) is 12.8. The van der Waals surface area contributed by atoms with Crippen LogP contribution in [0.5, 0.6) is 0 Å². The van der Waals surface area contributed by atoms with Crippen LogP contribution in [0.4, 0.5) is 0 Å². The van der Waals surface area contributed by atoms with E-state index in [4.69, 9.17) is 5.73 Å². The summed E-state index contributed by atoms with van der Waals surface area (Å²) in [6.07, 6.45) is 0.164. The van der Waals surface area contributed by atoms with Gasteiger partial charge in [-0.05, 0) is 19.4 Å². The molecule has 0 heterocycles. The van der Waals surface area contributed by atoms with Crippen molar-refractivity contribution < 1.29 is 9.59 Å². The minimum absolute atomic E-state index is 0. The lowest BCUT2D eigenvalue weighted by atomic mass is 10.0. The van der Waals surface area contributed by atoms with Crippen LogP contribution in [-0.2, 0) is 9.59 Å². The molecular formula is C15H24ClN3O2. The first-order chi connectivity index (χ1) is 9.45. The zero-order valence-corrected chi connectivity index (χ0v) is 13.5. The molecule has 0 saturated carbocycles. The summed E-state index contributed by atoms with van der Waals surface area (Å²) in [6, 6.07) is 8.55. The Morgan fingerprint density at radius 1 is 1.29 bits per heavy atom. The van der Waals surface area contributed by atoms with Crippen LogP contribution in [0.1, 0.15) is 31.9 Å². The summed E-state index contributed by atoms with van der Waals surface area (Å²) in [5.41, 5.74) is 6.89. The average molecular weight is 314 g/mol. The molecule has 0 saturated heterocycles. The maximum Gasteiger partial charge on any atom is 0.244 e. The quantitative estimate of drug-likeness (QED) is 0.835. The van der Waals surface area contributed by atoms with Crippen LogP contribution >= 0.6 is 12.4 Å². The third kappa shape index (κ3) is 6.14. The molecule has 0 bridgehead atoms. The second kappa shape index (κ2) is 9.37. The first-order valence-electron chi connectivity index (χ1n) is 6.80. The molecule has 21 heavy (non-hydrogen) atoms. The summed E-state index contributed by atoms with van der Waals surface area (Å²) >= 11 is 0. The van der Waals surface area contributed by atoms with Crippen molar-refractivity contribution in [3.8, 4) is 0 Å². The van der Waals surface area contributed by atoms with E-state index in [0.717, 1.165) is 5.56 Å². The lowest BCUT2D eigenvalue weighted by molar-refractivity contribution is -0.134. The Morgan fingerprint density at radius 2 is 1.86 bits per heavy atom. The first-order valence-corrected chi connectivity index (χ1v) is 6.80. The van der Waals surface area contributed by atoms with Gasteiger partial charge in [-0.25, -0.2) is 0 Å². The van der Waals surface area contributed by atoms with Crippen molar-refractivity contribution in [2.75, 3.05) is 13.6 Å². The molecule has 1 aromatic carbocycles. The van der Waals surface area contributed by atoms with E-state index >= 15 is 0 Å². The summed E-state index contributed by atoms with van der Waals surface area (Å²) in [6.45, 7) is 4.18. The fraction of sp³-hybridized carbons (Fsp3) is 0.467. The van der Waals surface area contributed by atoms with E-state index in [1.807, 2.05) is 37.3 Å². The number of benzene rings is 1. The van der Waals surface area contributed by atoms with Gasteiger partial charge in [0, 0.05) is 26.1 Å². The number of amides is 2. The van der Waals surface area contributed by atoms with Crippen molar-refractivity contribution in [2.24, 2.45) is 5.73 Å². The van der Waals surface area contributed by atoms with Crippen LogP contribution in [0.2, 0.25) is 0 Å². The lowest BCUT2D eigenvalue weighted by Crippen LogP contribution is -2.45. The van der Waals surface area contributed by atoms with Gasteiger partial charge in [-0.1, -0.05) is 30.3 Å². The third-order valence-electron chi connectivity index (χ3n) is 3.23. The highest BCUT2D eigenvalue weighted by molar-refractivity contribution is 5.87.